The molecule has 0 unspecified atom stereocenters. The zero-order valence-electron chi connectivity index (χ0n) is 12.8. The molecule has 0 radical (unpaired) electrons. The minimum atomic E-state index is -3.09. The van der Waals surface area contributed by atoms with Crippen LogP contribution in [0.25, 0.3) is 0 Å². The lowest BCUT2D eigenvalue weighted by Crippen LogP contribution is -2.13. The van der Waals surface area contributed by atoms with Crippen molar-refractivity contribution in [2.75, 3.05) is 19.9 Å². The van der Waals surface area contributed by atoms with Crippen molar-refractivity contribution >= 4 is 9.84 Å². The summed E-state index contributed by atoms with van der Waals surface area (Å²) in [5, 5.41) is 3.06. The van der Waals surface area contributed by atoms with Gasteiger partial charge in [0.05, 0.1) is 18.6 Å². The predicted molar refractivity (Wildman–Crippen MR) is 82.7 cm³/mol. The van der Waals surface area contributed by atoms with E-state index in [0.29, 0.717) is 24.6 Å². The predicted octanol–water partition coefficient (Wildman–Crippen LogP) is 2.38. The molecule has 1 rings (SSSR count). The van der Waals surface area contributed by atoms with E-state index < -0.39 is 9.84 Å². The van der Waals surface area contributed by atoms with E-state index in [1.54, 1.807) is 7.11 Å². The minimum absolute atomic E-state index is 0.0421. The maximum Gasteiger partial charge on any atom is 0.154 e. The third kappa shape index (κ3) is 5.51. The van der Waals surface area contributed by atoms with Crippen molar-refractivity contribution < 1.29 is 13.2 Å². The summed E-state index contributed by atoms with van der Waals surface area (Å²) in [5.74, 6) is 1.30. The van der Waals surface area contributed by atoms with Gasteiger partial charge in [0, 0.05) is 12.1 Å². The molecule has 1 aromatic rings. The van der Waals surface area contributed by atoms with E-state index in [1.807, 2.05) is 39.1 Å². The van der Waals surface area contributed by atoms with Gasteiger partial charge in [0.2, 0.25) is 0 Å². The molecule has 4 nitrogen and oxygen atoms in total. The van der Waals surface area contributed by atoms with Gasteiger partial charge < -0.3 is 10.1 Å². The highest BCUT2D eigenvalue weighted by Gasteiger charge is 2.16. The van der Waals surface area contributed by atoms with Crippen LogP contribution in [-0.2, 0) is 22.1 Å². The highest BCUT2D eigenvalue weighted by molar-refractivity contribution is 7.90. The molecule has 0 atom stereocenters. The molecule has 114 valence electrons. The molecule has 0 saturated heterocycles. The van der Waals surface area contributed by atoms with E-state index in [-0.39, 0.29) is 11.5 Å². The summed E-state index contributed by atoms with van der Waals surface area (Å²) < 4.78 is 29.6. The Morgan fingerprint density at radius 1 is 1.30 bits per heavy atom. The maximum atomic E-state index is 12.2. The van der Waals surface area contributed by atoms with Crippen LogP contribution in [0.5, 0.6) is 5.75 Å². The first-order chi connectivity index (χ1) is 9.38. The van der Waals surface area contributed by atoms with Crippen LogP contribution in [-0.4, -0.2) is 28.3 Å². The van der Waals surface area contributed by atoms with E-state index in [4.69, 9.17) is 4.74 Å². The van der Waals surface area contributed by atoms with Crippen LogP contribution >= 0.6 is 0 Å². The van der Waals surface area contributed by atoms with Crippen LogP contribution in [0.4, 0.5) is 0 Å². The minimum Gasteiger partial charge on any atom is -0.496 e. The number of ether oxygens (including phenoxy) is 1. The molecule has 0 fully saturated rings. The van der Waals surface area contributed by atoms with Gasteiger partial charge >= 0.3 is 0 Å². The fraction of sp³-hybridized carbons (Fsp3) is 0.600. The lowest BCUT2D eigenvalue weighted by atomic mass is 10.1. The van der Waals surface area contributed by atoms with Crippen LogP contribution in [0.2, 0.25) is 0 Å². The topological polar surface area (TPSA) is 55.4 Å². The highest BCUT2D eigenvalue weighted by Crippen LogP contribution is 2.23. The Hall–Kier alpha value is -1.07. The lowest BCUT2D eigenvalue weighted by Gasteiger charge is -2.12. The molecule has 0 aromatic heterocycles. The van der Waals surface area contributed by atoms with Crippen LogP contribution in [0.15, 0.2) is 18.2 Å². The fourth-order valence-electron chi connectivity index (χ4n) is 1.98. The molecule has 0 heterocycles. The quantitative estimate of drug-likeness (QED) is 0.801. The molecule has 0 spiro atoms. The second-order valence-corrected chi connectivity index (χ2v) is 7.64. The highest BCUT2D eigenvalue weighted by atomic mass is 32.2. The summed E-state index contributed by atoms with van der Waals surface area (Å²) in [5.41, 5.74) is 1.80. The van der Waals surface area contributed by atoms with Crippen molar-refractivity contribution in [1.82, 2.24) is 5.32 Å². The largest absolute Gasteiger partial charge is 0.496 e. The van der Waals surface area contributed by atoms with Crippen LogP contribution in [0.1, 0.15) is 31.4 Å². The molecular weight excluding hydrogens is 274 g/mol. The number of rotatable bonds is 8. The molecule has 0 aliphatic rings. The summed E-state index contributed by atoms with van der Waals surface area (Å²) in [7, 11) is 0.337. The van der Waals surface area contributed by atoms with Crippen LogP contribution in [0, 0.1) is 5.92 Å². The van der Waals surface area contributed by atoms with Crippen molar-refractivity contribution in [3.05, 3.63) is 29.3 Å². The fourth-order valence-corrected chi connectivity index (χ4v) is 3.66. The summed E-state index contributed by atoms with van der Waals surface area (Å²) in [6.45, 7) is 4.77. The average molecular weight is 299 g/mol. The van der Waals surface area contributed by atoms with Crippen molar-refractivity contribution in [3.63, 3.8) is 0 Å². The third-order valence-corrected chi connectivity index (χ3v) is 4.72. The number of benzene rings is 1. The smallest absolute Gasteiger partial charge is 0.154 e. The zero-order chi connectivity index (χ0) is 15.2. The monoisotopic (exact) mass is 299 g/mol. The Kier molecular flexibility index (Phi) is 6.49. The second-order valence-electron chi connectivity index (χ2n) is 5.45. The van der Waals surface area contributed by atoms with Gasteiger partial charge in [0.15, 0.2) is 9.84 Å². The number of sulfone groups is 1. The Morgan fingerprint density at radius 3 is 2.55 bits per heavy atom. The number of methoxy groups -OCH3 is 1. The first-order valence-electron chi connectivity index (χ1n) is 6.88. The van der Waals surface area contributed by atoms with E-state index in [0.717, 1.165) is 11.1 Å². The van der Waals surface area contributed by atoms with Gasteiger partial charge in [-0.05, 0) is 37.1 Å². The molecule has 1 aromatic carbocycles. The molecule has 1 N–H and O–H groups in total. The van der Waals surface area contributed by atoms with Crippen molar-refractivity contribution in [2.45, 2.75) is 32.6 Å². The van der Waals surface area contributed by atoms with Gasteiger partial charge in [-0.2, -0.15) is 0 Å². The van der Waals surface area contributed by atoms with Crippen LogP contribution < -0.4 is 10.1 Å². The maximum absolute atomic E-state index is 12.2. The Bertz CT molecular complexity index is 524. The summed E-state index contributed by atoms with van der Waals surface area (Å²) >= 11 is 0. The van der Waals surface area contributed by atoms with E-state index >= 15 is 0 Å². The first-order valence-corrected chi connectivity index (χ1v) is 8.71. The summed E-state index contributed by atoms with van der Waals surface area (Å²) in [6, 6.07) is 5.68. The van der Waals surface area contributed by atoms with Gasteiger partial charge in [-0.3, -0.25) is 0 Å². The number of hydrogen-bond donors (Lipinski definition) is 1. The third-order valence-electron chi connectivity index (χ3n) is 3.11. The average Bonchev–Trinajstić information content (AvgIpc) is 2.37. The molecular formula is C15H25NO3S. The summed E-state index contributed by atoms with van der Waals surface area (Å²) in [6.07, 6.45) is 0.695. The van der Waals surface area contributed by atoms with Gasteiger partial charge in [0.25, 0.3) is 0 Å². The van der Waals surface area contributed by atoms with E-state index in [1.165, 1.54) is 0 Å². The molecule has 0 bridgehead atoms. The van der Waals surface area contributed by atoms with Gasteiger partial charge in [-0.1, -0.05) is 19.9 Å². The summed E-state index contributed by atoms with van der Waals surface area (Å²) in [4.78, 5) is 0. The lowest BCUT2D eigenvalue weighted by molar-refractivity contribution is 0.410. The molecule has 0 saturated carbocycles. The first kappa shape index (κ1) is 17.0. The molecule has 5 heteroatoms. The molecule has 0 aliphatic carbocycles. The Labute approximate surface area is 122 Å². The van der Waals surface area contributed by atoms with Crippen molar-refractivity contribution in [3.8, 4) is 5.75 Å². The molecule has 0 amide bonds. The number of nitrogens with one attached hydrogen (secondary N) is 1. The Morgan fingerprint density at radius 2 is 2.00 bits per heavy atom. The van der Waals surface area contributed by atoms with Crippen LogP contribution in [0.3, 0.4) is 0 Å². The van der Waals surface area contributed by atoms with Gasteiger partial charge in [0.1, 0.15) is 5.75 Å². The normalized spacial score (nSPS) is 11.8. The van der Waals surface area contributed by atoms with Crippen molar-refractivity contribution in [2.24, 2.45) is 5.92 Å². The van der Waals surface area contributed by atoms with Gasteiger partial charge in [-0.15, -0.1) is 0 Å². The SMILES string of the molecule is CNCc1ccc(OC)c(CS(=O)(=O)CCC(C)C)c1. The Balaban J connectivity index is 2.91. The molecule has 20 heavy (non-hydrogen) atoms. The van der Waals surface area contributed by atoms with E-state index in [2.05, 4.69) is 5.32 Å². The second kappa shape index (κ2) is 7.64. The van der Waals surface area contributed by atoms with Gasteiger partial charge in [-0.25, -0.2) is 8.42 Å². The number of hydrogen-bond acceptors (Lipinski definition) is 4. The van der Waals surface area contributed by atoms with Crippen molar-refractivity contribution in [1.29, 1.82) is 0 Å². The zero-order valence-corrected chi connectivity index (χ0v) is 13.6. The molecule has 0 aliphatic heterocycles. The standard InChI is InChI=1S/C15H25NO3S/c1-12(2)7-8-20(17,18)11-14-9-13(10-16-3)5-6-15(14)19-4/h5-6,9,12,16H,7-8,10-11H2,1-4H3. The van der Waals surface area contributed by atoms with E-state index in [9.17, 15) is 8.42 Å².